The number of carbonyl (C=O) groups excluding carboxylic acids is 2. The minimum atomic E-state index is -3.75. The van der Waals surface area contributed by atoms with Crippen molar-refractivity contribution in [2.75, 3.05) is 23.7 Å². The second kappa shape index (κ2) is 12.7. The molecule has 2 aromatic rings. The maximum Gasteiger partial charge on any atom is 0.244 e. The topological polar surface area (TPSA) is 86.8 Å². The number of anilines is 1. The van der Waals surface area contributed by atoms with E-state index in [1.807, 2.05) is 83.1 Å². The quantitative estimate of drug-likeness (QED) is 0.479. The Hall–Kier alpha value is -2.87. The molecular formula is C27H39N3O4S. The molecule has 0 unspecified atom stereocenters. The zero-order chi connectivity index (χ0) is 26.2. The van der Waals surface area contributed by atoms with Crippen LogP contribution < -0.4 is 9.62 Å². The SMILES string of the molecule is CC[C@@H](C)NC(=O)[C@H](CC)N(CCc1ccccc1)C(=O)CN(c1c(C)cccc1C)S(C)(=O)=O. The van der Waals surface area contributed by atoms with Crippen LogP contribution in [0.5, 0.6) is 0 Å². The van der Waals surface area contributed by atoms with Crippen molar-refractivity contribution in [2.45, 2.75) is 66.0 Å². The van der Waals surface area contributed by atoms with E-state index >= 15 is 0 Å². The summed E-state index contributed by atoms with van der Waals surface area (Å²) in [6.45, 7) is 9.36. The molecule has 0 saturated carbocycles. The molecule has 8 heteroatoms. The van der Waals surface area contributed by atoms with Crippen molar-refractivity contribution in [1.82, 2.24) is 10.2 Å². The van der Waals surface area contributed by atoms with Crippen LogP contribution in [0.4, 0.5) is 5.69 Å². The molecule has 0 aliphatic rings. The summed E-state index contributed by atoms with van der Waals surface area (Å²) in [5.41, 5.74) is 3.07. The number of sulfonamides is 1. The van der Waals surface area contributed by atoms with Crippen molar-refractivity contribution < 1.29 is 18.0 Å². The van der Waals surface area contributed by atoms with Crippen molar-refractivity contribution in [3.05, 3.63) is 65.2 Å². The summed E-state index contributed by atoms with van der Waals surface area (Å²) >= 11 is 0. The molecule has 0 aliphatic carbocycles. The van der Waals surface area contributed by atoms with Gasteiger partial charge in [0.1, 0.15) is 12.6 Å². The van der Waals surface area contributed by atoms with E-state index in [0.717, 1.165) is 33.7 Å². The van der Waals surface area contributed by atoms with Gasteiger partial charge in [0, 0.05) is 12.6 Å². The molecule has 0 spiro atoms. The molecule has 7 nitrogen and oxygen atoms in total. The molecule has 0 aromatic heterocycles. The van der Waals surface area contributed by atoms with Gasteiger partial charge in [-0.25, -0.2) is 8.42 Å². The monoisotopic (exact) mass is 501 g/mol. The maximum absolute atomic E-state index is 13.7. The van der Waals surface area contributed by atoms with Crippen molar-refractivity contribution >= 4 is 27.5 Å². The lowest BCUT2D eigenvalue weighted by Gasteiger charge is -2.34. The van der Waals surface area contributed by atoms with Gasteiger partial charge in [0.15, 0.2) is 0 Å². The third-order valence-electron chi connectivity index (χ3n) is 6.24. The molecule has 2 rings (SSSR count). The second-order valence-electron chi connectivity index (χ2n) is 9.07. The molecule has 2 amide bonds. The third kappa shape index (κ3) is 7.82. The van der Waals surface area contributed by atoms with Gasteiger partial charge in [-0.2, -0.15) is 0 Å². The number of nitrogens with one attached hydrogen (secondary N) is 1. The van der Waals surface area contributed by atoms with E-state index < -0.39 is 22.0 Å². The van der Waals surface area contributed by atoms with Gasteiger partial charge < -0.3 is 10.2 Å². The van der Waals surface area contributed by atoms with E-state index in [0.29, 0.717) is 25.1 Å². The van der Waals surface area contributed by atoms with Crippen molar-refractivity contribution in [3.8, 4) is 0 Å². The van der Waals surface area contributed by atoms with Crippen LogP contribution in [-0.2, 0) is 26.0 Å². The highest BCUT2D eigenvalue weighted by molar-refractivity contribution is 7.92. The number of rotatable bonds is 12. The van der Waals surface area contributed by atoms with E-state index in [-0.39, 0.29) is 18.5 Å². The van der Waals surface area contributed by atoms with Gasteiger partial charge in [-0.3, -0.25) is 13.9 Å². The predicted octanol–water partition coefficient (Wildman–Crippen LogP) is 3.83. The highest BCUT2D eigenvalue weighted by Gasteiger charge is 2.32. The molecule has 192 valence electrons. The van der Waals surface area contributed by atoms with Gasteiger partial charge in [-0.05, 0) is 56.7 Å². The van der Waals surface area contributed by atoms with Gasteiger partial charge in [0.2, 0.25) is 21.8 Å². The summed E-state index contributed by atoms with van der Waals surface area (Å²) < 4.78 is 26.8. The summed E-state index contributed by atoms with van der Waals surface area (Å²) in [7, 11) is -3.75. The van der Waals surface area contributed by atoms with Crippen LogP contribution >= 0.6 is 0 Å². The Labute approximate surface area is 210 Å². The summed E-state index contributed by atoms with van der Waals surface area (Å²) in [6.07, 6.45) is 2.86. The minimum absolute atomic E-state index is 0.0234. The Bertz CT molecular complexity index is 1080. The van der Waals surface area contributed by atoms with Crippen LogP contribution in [0.2, 0.25) is 0 Å². The molecule has 0 bridgehead atoms. The minimum Gasteiger partial charge on any atom is -0.352 e. The highest BCUT2D eigenvalue weighted by Crippen LogP contribution is 2.27. The van der Waals surface area contributed by atoms with Crippen LogP contribution in [-0.4, -0.2) is 56.6 Å². The number of carbonyl (C=O) groups is 2. The molecule has 0 radical (unpaired) electrons. The predicted molar refractivity (Wildman–Crippen MR) is 142 cm³/mol. The summed E-state index contributed by atoms with van der Waals surface area (Å²) in [4.78, 5) is 28.4. The van der Waals surface area contributed by atoms with E-state index in [1.54, 1.807) is 0 Å². The van der Waals surface area contributed by atoms with Crippen molar-refractivity contribution in [1.29, 1.82) is 0 Å². The van der Waals surface area contributed by atoms with Crippen LogP contribution in [0.15, 0.2) is 48.5 Å². The molecule has 0 heterocycles. The number of benzene rings is 2. The molecule has 2 atom stereocenters. The maximum atomic E-state index is 13.7. The largest absolute Gasteiger partial charge is 0.352 e. The highest BCUT2D eigenvalue weighted by atomic mass is 32.2. The Morgan fingerprint density at radius 1 is 0.943 bits per heavy atom. The zero-order valence-electron chi connectivity index (χ0n) is 21.7. The lowest BCUT2D eigenvalue weighted by molar-refractivity contribution is -0.139. The van der Waals surface area contributed by atoms with Crippen LogP contribution in [0, 0.1) is 13.8 Å². The van der Waals surface area contributed by atoms with Crippen LogP contribution in [0.25, 0.3) is 0 Å². The molecule has 0 aliphatic heterocycles. The molecule has 0 fully saturated rings. The van der Waals surface area contributed by atoms with Gasteiger partial charge >= 0.3 is 0 Å². The first-order chi connectivity index (χ1) is 16.5. The second-order valence-corrected chi connectivity index (χ2v) is 11.0. The number of hydrogen-bond donors (Lipinski definition) is 1. The lowest BCUT2D eigenvalue weighted by atomic mass is 10.1. The Morgan fingerprint density at radius 2 is 1.54 bits per heavy atom. The van der Waals surface area contributed by atoms with E-state index in [4.69, 9.17) is 0 Å². The number of aryl methyl sites for hydroxylation is 2. The molecular weight excluding hydrogens is 462 g/mol. The first-order valence-corrected chi connectivity index (χ1v) is 14.0. The Kier molecular flexibility index (Phi) is 10.3. The van der Waals surface area contributed by atoms with Gasteiger partial charge in [0.05, 0.1) is 11.9 Å². The fourth-order valence-electron chi connectivity index (χ4n) is 4.11. The molecule has 0 saturated heterocycles. The fourth-order valence-corrected chi connectivity index (χ4v) is 5.08. The van der Waals surface area contributed by atoms with E-state index in [1.165, 1.54) is 4.90 Å². The first kappa shape index (κ1) is 28.4. The van der Waals surface area contributed by atoms with Crippen LogP contribution in [0.3, 0.4) is 0 Å². The number of hydrogen-bond acceptors (Lipinski definition) is 4. The van der Waals surface area contributed by atoms with Gasteiger partial charge in [-0.15, -0.1) is 0 Å². The van der Waals surface area contributed by atoms with E-state index in [9.17, 15) is 18.0 Å². The van der Waals surface area contributed by atoms with Gasteiger partial charge in [0.25, 0.3) is 0 Å². The molecule has 2 aromatic carbocycles. The summed E-state index contributed by atoms with van der Waals surface area (Å²) in [6, 6.07) is 14.5. The lowest BCUT2D eigenvalue weighted by Crippen LogP contribution is -2.54. The summed E-state index contributed by atoms with van der Waals surface area (Å²) in [5, 5.41) is 2.98. The Balaban J connectivity index is 2.42. The van der Waals surface area contributed by atoms with Gasteiger partial charge in [-0.1, -0.05) is 62.4 Å². The average Bonchev–Trinajstić information content (AvgIpc) is 2.80. The normalized spacial score (nSPS) is 13.1. The first-order valence-electron chi connectivity index (χ1n) is 12.2. The Morgan fingerprint density at radius 3 is 2.06 bits per heavy atom. The standard InChI is InChI=1S/C27H39N3O4S/c1-7-22(5)28-27(32)24(8-2)29(18-17-23-15-10-9-11-16-23)25(31)19-30(35(6,33)34)26-20(3)13-12-14-21(26)4/h9-16,22,24H,7-8,17-19H2,1-6H3,(H,28,32)/t22-,24+/m1/s1. The number of nitrogens with zero attached hydrogens (tertiary/aromatic N) is 2. The number of amides is 2. The average molecular weight is 502 g/mol. The smallest absolute Gasteiger partial charge is 0.244 e. The van der Waals surface area contributed by atoms with Crippen molar-refractivity contribution in [3.63, 3.8) is 0 Å². The van der Waals surface area contributed by atoms with E-state index in [2.05, 4.69) is 5.32 Å². The van der Waals surface area contributed by atoms with Crippen molar-refractivity contribution in [2.24, 2.45) is 0 Å². The fraction of sp³-hybridized carbons (Fsp3) is 0.481. The number of para-hydroxylation sites is 1. The third-order valence-corrected chi connectivity index (χ3v) is 7.35. The molecule has 35 heavy (non-hydrogen) atoms. The zero-order valence-corrected chi connectivity index (χ0v) is 22.6. The summed E-state index contributed by atoms with van der Waals surface area (Å²) in [5.74, 6) is -0.624. The van der Waals surface area contributed by atoms with Crippen LogP contribution in [0.1, 0.15) is 50.3 Å². The molecule has 1 N–H and O–H groups in total.